The summed E-state index contributed by atoms with van der Waals surface area (Å²) in [5, 5.41) is 0. The van der Waals surface area contributed by atoms with Gasteiger partial charge in [-0.05, 0) is 25.1 Å². The lowest BCUT2D eigenvalue weighted by atomic mass is 10.1. The molecule has 2 nitrogen and oxygen atoms in total. The highest BCUT2D eigenvalue weighted by atomic mass is 19.3. The second-order valence-corrected chi connectivity index (χ2v) is 3.17. The van der Waals surface area contributed by atoms with Crippen LogP contribution in [0.25, 0.3) is 0 Å². The van der Waals surface area contributed by atoms with E-state index in [1.165, 1.54) is 12.1 Å². The number of hydrogen-bond donors (Lipinski definition) is 1. The van der Waals surface area contributed by atoms with Gasteiger partial charge in [0.05, 0.1) is 0 Å². The summed E-state index contributed by atoms with van der Waals surface area (Å²) in [6.45, 7) is 0.912. The van der Waals surface area contributed by atoms with Crippen LogP contribution in [0.15, 0.2) is 18.2 Å². The number of rotatable bonds is 4. The monoisotopic (exact) mass is 219 g/mol. The number of benzene rings is 1. The maximum absolute atomic E-state index is 12.8. The lowest BCUT2D eigenvalue weighted by Crippen LogP contribution is -2.12. The summed E-state index contributed by atoms with van der Waals surface area (Å²) in [6.07, 6.45) is -2.56. The van der Waals surface area contributed by atoms with E-state index in [0.717, 1.165) is 6.07 Å². The fourth-order valence-electron chi connectivity index (χ4n) is 1.16. The molecule has 0 saturated carbocycles. The van der Waals surface area contributed by atoms with E-state index in [1.54, 1.807) is 6.92 Å². The Hall–Kier alpha value is -1.23. The van der Waals surface area contributed by atoms with E-state index in [0.29, 0.717) is 5.56 Å². The molecule has 0 spiro atoms. The van der Waals surface area contributed by atoms with E-state index in [1.807, 2.05) is 0 Å². The Labute approximate surface area is 85.8 Å². The van der Waals surface area contributed by atoms with Crippen molar-refractivity contribution in [3.8, 4) is 5.75 Å². The number of alkyl halides is 2. The molecule has 0 aliphatic heterocycles. The summed E-state index contributed by atoms with van der Waals surface area (Å²) in [5.41, 5.74) is 5.94. The van der Waals surface area contributed by atoms with Crippen LogP contribution in [0.5, 0.6) is 5.75 Å². The molecule has 0 bridgehead atoms. The molecule has 0 radical (unpaired) electrons. The third kappa shape index (κ3) is 3.43. The van der Waals surface area contributed by atoms with Crippen LogP contribution in [0, 0.1) is 5.82 Å². The molecule has 1 aromatic rings. The van der Waals surface area contributed by atoms with E-state index >= 15 is 0 Å². The van der Waals surface area contributed by atoms with Crippen molar-refractivity contribution in [2.45, 2.75) is 19.4 Å². The third-order valence-electron chi connectivity index (χ3n) is 1.83. The van der Waals surface area contributed by atoms with Gasteiger partial charge in [0.15, 0.2) is 0 Å². The van der Waals surface area contributed by atoms with Crippen LogP contribution in [-0.4, -0.2) is 13.0 Å². The first-order chi connectivity index (χ1) is 7.00. The van der Waals surface area contributed by atoms with Crippen molar-refractivity contribution in [1.82, 2.24) is 0 Å². The minimum absolute atomic E-state index is 0.201. The van der Waals surface area contributed by atoms with Gasteiger partial charge in [0, 0.05) is 11.6 Å². The smallest absolute Gasteiger partial charge is 0.272 e. The molecule has 0 aliphatic rings. The molecule has 0 heterocycles. The zero-order valence-corrected chi connectivity index (χ0v) is 8.21. The van der Waals surface area contributed by atoms with Crippen molar-refractivity contribution < 1.29 is 17.9 Å². The maximum Gasteiger partial charge on any atom is 0.272 e. The Morgan fingerprint density at radius 2 is 2.07 bits per heavy atom. The second-order valence-electron chi connectivity index (χ2n) is 3.17. The summed E-state index contributed by atoms with van der Waals surface area (Å²) in [5.74, 6) is -0.265. The first kappa shape index (κ1) is 11.8. The second kappa shape index (κ2) is 5.02. The Balaban J connectivity index is 2.86. The first-order valence-electron chi connectivity index (χ1n) is 4.46. The summed E-state index contributed by atoms with van der Waals surface area (Å²) >= 11 is 0. The fourth-order valence-corrected chi connectivity index (χ4v) is 1.16. The zero-order valence-electron chi connectivity index (χ0n) is 8.21. The number of hydrogen-bond acceptors (Lipinski definition) is 2. The van der Waals surface area contributed by atoms with Crippen LogP contribution in [0.3, 0.4) is 0 Å². The molecule has 1 aromatic carbocycles. The average molecular weight is 219 g/mol. The van der Waals surface area contributed by atoms with E-state index in [-0.39, 0.29) is 5.75 Å². The lowest BCUT2D eigenvalue weighted by molar-refractivity contribution is 0.0812. The van der Waals surface area contributed by atoms with Gasteiger partial charge < -0.3 is 10.5 Å². The molecule has 0 fully saturated rings. The largest absolute Gasteiger partial charge is 0.487 e. The van der Waals surface area contributed by atoms with Crippen LogP contribution < -0.4 is 10.5 Å². The topological polar surface area (TPSA) is 35.2 Å². The van der Waals surface area contributed by atoms with Crippen molar-refractivity contribution in [3.63, 3.8) is 0 Å². The van der Waals surface area contributed by atoms with E-state index in [2.05, 4.69) is 0 Å². The van der Waals surface area contributed by atoms with Crippen molar-refractivity contribution >= 4 is 0 Å². The van der Waals surface area contributed by atoms with Crippen molar-refractivity contribution in [1.29, 1.82) is 0 Å². The summed E-state index contributed by atoms with van der Waals surface area (Å²) in [4.78, 5) is 0. The fraction of sp³-hybridized carbons (Fsp3) is 0.400. The highest BCUT2D eigenvalue weighted by molar-refractivity contribution is 5.36. The van der Waals surface area contributed by atoms with Gasteiger partial charge in [-0.3, -0.25) is 0 Å². The standard InChI is InChI=1S/C10H12F3NO/c1-6(14)8-4-7(11)2-3-9(8)15-5-10(12)13/h2-4,6,10H,5,14H2,1H3. The van der Waals surface area contributed by atoms with E-state index < -0.39 is 24.9 Å². The minimum atomic E-state index is -2.56. The van der Waals surface area contributed by atoms with Crippen molar-refractivity contribution in [3.05, 3.63) is 29.6 Å². The Kier molecular flexibility index (Phi) is 3.96. The number of nitrogens with two attached hydrogens (primary N) is 1. The van der Waals surface area contributed by atoms with Gasteiger partial charge in [-0.2, -0.15) is 0 Å². The number of halogens is 3. The Bertz CT molecular complexity index is 328. The summed E-state index contributed by atoms with van der Waals surface area (Å²) in [7, 11) is 0. The Morgan fingerprint density at radius 1 is 1.40 bits per heavy atom. The van der Waals surface area contributed by atoms with Gasteiger partial charge in [-0.15, -0.1) is 0 Å². The average Bonchev–Trinajstić information content (AvgIpc) is 2.15. The van der Waals surface area contributed by atoms with Gasteiger partial charge >= 0.3 is 0 Å². The quantitative estimate of drug-likeness (QED) is 0.844. The highest BCUT2D eigenvalue weighted by Crippen LogP contribution is 2.24. The van der Waals surface area contributed by atoms with Gasteiger partial charge in [0.1, 0.15) is 18.2 Å². The summed E-state index contributed by atoms with van der Waals surface area (Å²) < 4.78 is 41.5. The molecular weight excluding hydrogens is 207 g/mol. The van der Waals surface area contributed by atoms with Gasteiger partial charge in [-0.25, -0.2) is 13.2 Å². The van der Waals surface area contributed by atoms with E-state index in [9.17, 15) is 13.2 Å². The molecule has 84 valence electrons. The molecular formula is C10H12F3NO. The molecule has 0 aromatic heterocycles. The molecule has 0 saturated heterocycles. The summed E-state index contributed by atoms with van der Waals surface area (Å²) in [6, 6.07) is 3.17. The molecule has 1 atom stereocenters. The van der Waals surface area contributed by atoms with Crippen molar-refractivity contribution in [2.75, 3.05) is 6.61 Å². The molecule has 1 unspecified atom stereocenters. The van der Waals surface area contributed by atoms with Crippen LogP contribution in [0.4, 0.5) is 13.2 Å². The zero-order chi connectivity index (χ0) is 11.4. The molecule has 1 rings (SSSR count). The maximum atomic E-state index is 12.8. The van der Waals surface area contributed by atoms with Crippen LogP contribution in [0.1, 0.15) is 18.5 Å². The molecule has 0 aliphatic carbocycles. The minimum Gasteiger partial charge on any atom is -0.487 e. The normalized spacial score (nSPS) is 12.9. The SMILES string of the molecule is CC(N)c1cc(F)ccc1OCC(F)F. The Morgan fingerprint density at radius 3 is 2.60 bits per heavy atom. The van der Waals surface area contributed by atoms with Gasteiger partial charge in [0.2, 0.25) is 0 Å². The van der Waals surface area contributed by atoms with Crippen LogP contribution in [-0.2, 0) is 0 Å². The predicted octanol–water partition coefficient (Wildman–Crippen LogP) is 2.49. The van der Waals surface area contributed by atoms with Gasteiger partial charge in [-0.1, -0.05) is 0 Å². The predicted molar refractivity (Wildman–Crippen MR) is 50.5 cm³/mol. The number of ether oxygens (including phenoxy) is 1. The lowest BCUT2D eigenvalue weighted by Gasteiger charge is -2.13. The molecule has 5 heteroatoms. The highest BCUT2D eigenvalue weighted by Gasteiger charge is 2.11. The van der Waals surface area contributed by atoms with E-state index in [4.69, 9.17) is 10.5 Å². The molecule has 15 heavy (non-hydrogen) atoms. The first-order valence-corrected chi connectivity index (χ1v) is 4.46. The van der Waals surface area contributed by atoms with Crippen LogP contribution >= 0.6 is 0 Å². The van der Waals surface area contributed by atoms with Crippen molar-refractivity contribution in [2.24, 2.45) is 5.73 Å². The third-order valence-corrected chi connectivity index (χ3v) is 1.83. The van der Waals surface area contributed by atoms with Gasteiger partial charge in [0.25, 0.3) is 6.43 Å². The van der Waals surface area contributed by atoms with Crippen LogP contribution in [0.2, 0.25) is 0 Å². The molecule has 0 amide bonds. The molecule has 2 N–H and O–H groups in total.